The van der Waals surface area contributed by atoms with Crippen LogP contribution in [-0.2, 0) is 0 Å². The highest BCUT2D eigenvalue weighted by Crippen LogP contribution is 2.37. The molecular weight excluding hydrogens is 432 g/mol. The average molecular weight is 459 g/mol. The molecule has 4 aromatic rings. The van der Waals surface area contributed by atoms with E-state index in [1.165, 1.54) is 12.8 Å². The highest BCUT2D eigenvalue weighted by molar-refractivity contribution is 6.05. The number of hydrogen-bond donors (Lipinski definition) is 3. The number of H-pyrrole nitrogens is 1. The standard InChI is InChI=1S/C24H26N8O2/c1-14-4-5-17-16(13-28-31-17)20(14)15-12-19(29-22(21(15)25)23(26)33)18-6-7-27-24(30-18)34-11-10-32-8-2-3-9-32/h4-7,12-13H,2-3,8-11,25H2,1H3,(H2,26,33)(H,28,31). The number of benzene rings is 1. The van der Waals surface area contributed by atoms with Crippen LogP contribution >= 0.6 is 0 Å². The Morgan fingerprint density at radius 2 is 2.00 bits per heavy atom. The summed E-state index contributed by atoms with van der Waals surface area (Å²) in [6.07, 6.45) is 5.80. The van der Waals surface area contributed by atoms with Crippen molar-refractivity contribution in [3.63, 3.8) is 0 Å². The maximum atomic E-state index is 12.2. The van der Waals surface area contributed by atoms with Gasteiger partial charge in [0.2, 0.25) is 0 Å². The van der Waals surface area contributed by atoms with Crippen LogP contribution in [0.15, 0.2) is 36.7 Å². The molecule has 34 heavy (non-hydrogen) atoms. The molecule has 0 aliphatic carbocycles. The zero-order valence-corrected chi connectivity index (χ0v) is 18.9. The number of primary amides is 1. The maximum absolute atomic E-state index is 12.2. The van der Waals surface area contributed by atoms with E-state index in [9.17, 15) is 4.79 Å². The number of hydrogen-bond acceptors (Lipinski definition) is 8. The zero-order chi connectivity index (χ0) is 23.7. The molecule has 0 unspecified atom stereocenters. The average Bonchev–Trinajstić information content (AvgIpc) is 3.52. The van der Waals surface area contributed by atoms with Crippen LogP contribution in [0.1, 0.15) is 28.9 Å². The number of anilines is 1. The van der Waals surface area contributed by atoms with E-state index in [0.717, 1.165) is 41.7 Å². The summed E-state index contributed by atoms with van der Waals surface area (Å²) >= 11 is 0. The summed E-state index contributed by atoms with van der Waals surface area (Å²) in [5, 5.41) is 8.00. The lowest BCUT2D eigenvalue weighted by Gasteiger charge is -2.15. The van der Waals surface area contributed by atoms with Gasteiger partial charge in [-0.3, -0.25) is 14.8 Å². The molecule has 0 bridgehead atoms. The van der Waals surface area contributed by atoms with Crippen molar-refractivity contribution in [2.45, 2.75) is 19.8 Å². The van der Waals surface area contributed by atoms with Gasteiger partial charge in [-0.2, -0.15) is 10.1 Å². The van der Waals surface area contributed by atoms with E-state index in [4.69, 9.17) is 16.2 Å². The first kappa shape index (κ1) is 21.8. The van der Waals surface area contributed by atoms with Gasteiger partial charge in [-0.1, -0.05) is 6.07 Å². The van der Waals surface area contributed by atoms with Crippen molar-refractivity contribution in [3.8, 4) is 28.5 Å². The number of amides is 1. The second kappa shape index (κ2) is 9.06. The van der Waals surface area contributed by atoms with E-state index in [-0.39, 0.29) is 17.4 Å². The minimum atomic E-state index is -0.714. The molecule has 1 saturated heterocycles. The van der Waals surface area contributed by atoms with Crippen molar-refractivity contribution in [1.29, 1.82) is 0 Å². The fourth-order valence-electron chi connectivity index (χ4n) is 4.39. The third-order valence-electron chi connectivity index (χ3n) is 6.13. The van der Waals surface area contributed by atoms with E-state index < -0.39 is 5.91 Å². The van der Waals surface area contributed by atoms with E-state index >= 15 is 0 Å². The molecule has 0 saturated carbocycles. The number of aromatic nitrogens is 5. The molecule has 1 aromatic carbocycles. The summed E-state index contributed by atoms with van der Waals surface area (Å²) in [5.41, 5.74) is 16.5. The molecule has 0 atom stereocenters. The first-order chi connectivity index (χ1) is 16.5. The molecule has 1 aliphatic heterocycles. The number of ether oxygens (including phenoxy) is 1. The van der Waals surface area contributed by atoms with Gasteiger partial charge in [0.25, 0.3) is 5.91 Å². The summed E-state index contributed by atoms with van der Waals surface area (Å²) in [4.78, 5) is 27.8. The number of nitrogens with zero attached hydrogens (tertiary/aromatic N) is 5. The predicted octanol–water partition coefficient (Wildman–Crippen LogP) is 2.55. The van der Waals surface area contributed by atoms with E-state index in [0.29, 0.717) is 23.6 Å². The summed E-state index contributed by atoms with van der Waals surface area (Å²) < 4.78 is 5.79. The second-order valence-electron chi connectivity index (χ2n) is 8.39. The maximum Gasteiger partial charge on any atom is 0.316 e. The van der Waals surface area contributed by atoms with Crippen LogP contribution in [0.2, 0.25) is 0 Å². The highest BCUT2D eigenvalue weighted by atomic mass is 16.5. The largest absolute Gasteiger partial charge is 0.462 e. The number of nitrogen functional groups attached to an aromatic ring is 1. The molecule has 3 aromatic heterocycles. The Bertz CT molecular complexity index is 1360. The fourth-order valence-corrected chi connectivity index (χ4v) is 4.39. The number of aromatic amines is 1. The minimum Gasteiger partial charge on any atom is -0.462 e. The van der Waals surface area contributed by atoms with Crippen molar-refractivity contribution >= 4 is 22.5 Å². The molecule has 4 heterocycles. The lowest BCUT2D eigenvalue weighted by atomic mass is 9.94. The summed E-state index contributed by atoms with van der Waals surface area (Å²) in [6.45, 7) is 5.50. The first-order valence-corrected chi connectivity index (χ1v) is 11.2. The van der Waals surface area contributed by atoms with Crippen LogP contribution in [0.25, 0.3) is 33.4 Å². The highest BCUT2D eigenvalue weighted by Gasteiger charge is 2.20. The van der Waals surface area contributed by atoms with E-state index in [2.05, 4.69) is 30.0 Å². The van der Waals surface area contributed by atoms with Crippen LogP contribution in [0, 0.1) is 6.92 Å². The molecule has 174 valence electrons. The lowest BCUT2D eigenvalue weighted by Crippen LogP contribution is -2.25. The number of rotatable bonds is 7. The molecule has 0 spiro atoms. The van der Waals surface area contributed by atoms with Gasteiger partial charge in [0.05, 0.1) is 28.8 Å². The summed E-state index contributed by atoms with van der Waals surface area (Å²) in [7, 11) is 0. The Kier molecular flexibility index (Phi) is 5.81. The van der Waals surface area contributed by atoms with Crippen LogP contribution in [0.4, 0.5) is 5.69 Å². The second-order valence-corrected chi connectivity index (χ2v) is 8.39. The van der Waals surface area contributed by atoms with E-state index in [1.54, 1.807) is 18.5 Å². The molecule has 10 heteroatoms. The van der Waals surface area contributed by atoms with Gasteiger partial charge in [-0.05, 0) is 62.2 Å². The third kappa shape index (κ3) is 4.15. The van der Waals surface area contributed by atoms with E-state index in [1.807, 2.05) is 25.1 Å². The van der Waals surface area contributed by atoms with Gasteiger partial charge in [0.1, 0.15) is 6.61 Å². The number of pyridine rings is 1. The topological polar surface area (TPSA) is 149 Å². The minimum absolute atomic E-state index is 0.0116. The Morgan fingerprint density at radius 3 is 2.79 bits per heavy atom. The van der Waals surface area contributed by atoms with Gasteiger partial charge >= 0.3 is 6.01 Å². The lowest BCUT2D eigenvalue weighted by molar-refractivity contribution is 0.0996. The molecule has 5 N–H and O–H groups in total. The van der Waals surface area contributed by atoms with Crippen LogP contribution in [0.5, 0.6) is 6.01 Å². The smallest absolute Gasteiger partial charge is 0.316 e. The Hall–Kier alpha value is -4.05. The van der Waals surface area contributed by atoms with Crippen molar-refractivity contribution in [1.82, 2.24) is 30.0 Å². The van der Waals surface area contributed by atoms with Gasteiger partial charge in [0, 0.05) is 23.7 Å². The summed E-state index contributed by atoms with van der Waals surface area (Å²) in [6, 6.07) is 7.70. The van der Waals surface area contributed by atoms with Gasteiger partial charge in [-0.25, -0.2) is 9.97 Å². The Balaban J connectivity index is 1.54. The van der Waals surface area contributed by atoms with Crippen molar-refractivity contribution in [3.05, 3.63) is 47.9 Å². The predicted molar refractivity (Wildman–Crippen MR) is 129 cm³/mol. The number of nitrogens with one attached hydrogen (secondary N) is 1. The van der Waals surface area contributed by atoms with Crippen LogP contribution < -0.4 is 16.2 Å². The number of aryl methyl sites for hydroxylation is 1. The molecular formula is C24H26N8O2. The molecule has 1 amide bonds. The monoisotopic (exact) mass is 458 g/mol. The molecule has 0 radical (unpaired) electrons. The molecule has 1 aliphatic rings. The first-order valence-electron chi connectivity index (χ1n) is 11.2. The quantitative estimate of drug-likeness (QED) is 0.382. The van der Waals surface area contributed by atoms with Crippen molar-refractivity contribution in [2.75, 3.05) is 32.0 Å². The molecule has 1 fully saturated rings. The van der Waals surface area contributed by atoms with Gasteiger partial charge < -0.3 is 16.2 Å². The van der Waals surface area contributed by atoms with Crippen LogP contribution in [-0.4, -0.2) is 62.2 Å². The normalized spacial score (nSPS) is 14.0. The Labute approximate surface area is 196 Å². The third-order valence-corrected chi connectivity index (χ3v) is 6.13. The number of likely N-dealkylation sites (tertiary alicyclic amines) is 1. The molecule has 5 rings (SSSR count). The van der Waals surface area contributed by atoms with Crippen molar-refractivity contribution in [2.24, 2.45) is 5.73 Å². The van der Waals surface area contributed by atoms with Crippen LogP contribution in [0.3, 0.4) is 0 Å². The summed E-state index contributed by atoms with van der Waals surface area (Å²) in [5.74, 6) is -0.714. The Morgan fingerprint density at radius 1 is 1.18 bits per heavy atom. The van der Waals surface area contributed by atoms with Crippen molar-refractivity contribution < 1.29 is 9.53 Å². The zero-order valence-electron chi connectivity index (χ0n) is 18.9. The van der Waals surface area contributed by atoms with Gasteiger partial charge in [-0.15, -0.1) is 0 Å². The van der Waals surface area contributed by atoms with Gasteiger partial charge in [0.15, 0.2) is 5.69 Å². The number of fused-ring (bicyclic) bond motifs is 1. The number of nitrogens with two attached hydrogens (primary N) is 2. The molecule has 10 nitrogen and oxygen atoms in total. The number of carbonyl (C=O) groups excluding carboxylic acids is 1. The SMILES string of the molecule is Cc1ccc2[nH]ncc2c1-c1cc(-c2ccnc(OCCN3CCCC3)n2)nc(C(N)=O)c1N. The fraction of sp³-hybridized carbons (Fsp3) is 0.292. The number of carbonyl (C=O) groups is 1.